The van der Waals surface area contributed by atoms with Crippen LogP contribution in [-0.4, -0.2) is 18.1 Å². The van der Waals surface area contributed by atoms with Gasteiger partial charge < -0.3 is 4.79 Å². The van der Waals surface area contributed by atoms with Crippen LogP contribution in [0, 0.1) is 11.8 Å². The van der Waals surface area contributed by atoms with E-state index >= 15 is 0 Å². The third kappa shape index (κ3) is 1.16. The fourth-order valence-electron chi connectivity index (χ4n) is 5.40. The summed E-state index contributed by atoms with van der Waals surface area (Å²) in [6.45, 7) is 2.02. The van der Waals surface area contributed by atoms with Crippen molar-refractivity contribution in [1.29, 1.82) is 0 Å². The van der Waals surface area contributed by atoms with Crippen LogP contribution in [0.1, 0.15) is 29.2 Å². The maximum Gasteiger partial charge on any atom is 0.232 e. The van der Waals surface area contributed by atoms with Gasteiger partial charge in [0.05, 0.1) is 17.3 Å². The molecular weight excluding hydrogens is 302 g/mol. The normalized spacial score (nSPS) is 35.0. The van der Waals surface area contributed by atoms with Crippen molar-refractivity contribution < 1.29 is 14.4 Å². The Morgan fingerprint density at radius 1 is 0.833 bits per heavy atom. The average molecular weight is 317 g/mol. The summed E-state index contributed by atoms with van der Waals surface area (Å²) < 4.78 is 0. The molecule has 1 saturated heterocycles. The van der Waals surface area contributed by atoms with Crippen LogP contribution >= 0.6 is 0 Å². The van der Waals surface area contributed by atoms with Crippen LogP contribution < -0.4 is 5.32 Å². The molecule has 1 aliphatic heterocycles. The summed E-state index contributed by atoms with van der Waals surface area (Å²) in [7, 11) is 0. The molecule has 2 atom stereocenters. The molecule has 0 saturated carbocycles. The highest BCUT2D eigenvalue weighted by atomic mass is 16.2. The smallest absolute Gasteiger partial charge is 0.232 e. The van der Waals surface area contributed by atoms with Gasteiger partial charge in [-0.25, -0.2) is 0 Å². The van der Waals surface area contributed by atoms with E-state index in [9.17, 15) is 14.4 Å². The van der Waals surface area contributed by atoms with Gasteiger partial charge in [-0.05, 0) is 22.3 Å². The molecule has 4 nitrogen and oxygen atoms in total. The van der Waals surface area contributed by atoms with Crippen molar-refractivity contribution in [3.8, 4) is 0 Å². The summed E-state index contributed by atoms with van der Waals surface area (Å²) in [5.74, 6) is -1.85. The monoisotopic (exact) mass is 317 g/mol. The Balaban J connectivity index is 2.02. The van der Waals surface area contributed by atoms with E-state index in [0.717, 1.165) is 28.5 Å². The average Bonchev–Trinajstić information content (AvgIpc) is 2.92. The third-order valence-corrected chi connectivity index (χ3v) is 6.31. The molecule has 1 heterocycles. The molecule has 2 aromatic carbocycles. The molecule has 2 bridgehead atoms. The van der Waals surface area contributed by atoms with Gasteiger partial charge in [0, 0.05) is 5.41 Å². The van der Waals surface area contributed by atoms with Gasteiger partial charge in [-0.2, -0.15) is 0 Å². The second kappa shape index (κ2) is 4.01. The molecule has 0 radical (unpaired) electrons. The topological polar surface area (TPSA) is 63.2 Å². The number of aldehydes is 1. The first-order valence-corrected chi connectivity index (χ1v) is 8.08. The van der Waals surface area contributed by atoms with Gasteiger partial charge in [0.1, 0.15) is 6.29 Å². The largest absolute Gasteiger partial charge is 0.302 e. The fraction of sp³-hybridized carbons (Fsp3) is 0.250. The second-order valence-electron chi connectivity index (χ2n) is 7.09. The van der Waals surface area contributed by atoms with E-state index < -0.39 is 22.7 Å². The van der Waals surface area contributed by atoms with Gasteiger partial charge in [0.15, 0.2) is 0 Å². The summed E-state index contributed by atoms with van der Waals surface area (Å²) in [4.78, 5) is 37.8. The van der Waals surface area contributed by atoms with E-state index in [1.54, 1.807) is 0 Å². The summed E-state index contributed by atoms with van der Waals surface area (Å²) in [6.07, 6.45) is 0.874. The second-order valence-corrected chi connectivity index (χ2v) is 7.09. The van der Waals surface area contributed by atoms with Crippen molar-refractivity contribution in [2.75, 3.05) is 0 Å². The van der Waals surface area contributed by atoms with Crippen molar-refractivity contribution in [2.45, 2.75) is 17.8 Å². The van der Waals surface area contributed by atoms with Crippen molar-refractivity contribution in [2.24, 2.45) is 11.8 Å². The first kappa shape index (κ1) is 13.7. The molecule has 3 aliphatic carbocycles. The van der Waals surface area contributed by atoms with Crippen LogP contribution in [0.4, 0.5) is 0 Å². The Kier molecular flexibility index (Phi) is 2.28. The highest BCUT2D eigenvalue weighted by molar-refractivity contribution is 6.11. The van der Waals surface area contributed by atoms with Crippen molar-refractivity contribution in [1.82, 2.24) is 5.32 Å². The Labute approximate surface area is 138 Å². The summed E-state index contributed by atoms with van der Waals surface area (Å²) in [5.41, 5.74) is 1.95. The van der Waals surface area contributed by atoms with Crippen molar-refractivity contribution >= 4 is 18.1 Å². The van der Waals surface area contributed by atoms with Crippen LogP contribution in [0.3, 0.4) is 0 Å². The third-order valence-electron chi connectivity index (χ3n) is 6.31. The van der Waals surface area contributed by atoms with Gasteiger partial charge in [0.25, 0.3) is 0 Å². The number of amides is 2. The number of carbonyl (C=O) groups excluding carboxylic acids is 3. The quantitative estimate of drug-likeness (QED) is 0.643. The molecular formula is C20H15NO3. The number of benzene rings is 2. The lowest BCUT2D eigenvalue weighted by atomic mass is 9.42. The zero-order valence-electron chi connectivity index (χ0n) is 13.1. The van der Waals surface area contributed by atoms with Gasteiger partial charge >= 0.3 is 0 Å². The molecule has 24 heavy (non-hydrogen) atoms. The number of imide groups is 1. The number of hydrogen-bond acceptors (Lipinski definition) is 3. The number of rotatable bonds is 1. The molecule has 4 heteroatoms. The fourth-order valence-corrected chi connectivity index (χ4v) is 5.40. The predicted octanol–water partition coefficient (Wildman–Crippen LogP) is 1.69. The zero-order valence-corrected chi connectivity index (χ0v) is 13.1. The van der Waals surface area contributed by atoms with E-state index in [1.165, 1.54) is 0 Å². The summed E-state index contributed by atoms with van der Waals surface area (Å²) in [5, 5.41) is 2.48. The lowest BCUT2D eigenvalue weighted by Crippen LogP contribution is -2.61. The molecule has 2 amide bonds. The van der Waals surface area contributed by atoms with Gasteiger partial charge in [-0.1, -0.05) is 55.5 Å². The number of nitrogens with one attached hydrogen (secondary N) is 1. The SMILES string of the molecule is CC12c3ccccc3C(C=O)(c3ccccc31)[C@@H]1C(=O)NC(=O)[C@@H]12. The Morgan fingerprint density at radius 3 is 1.79 bits per heavy atom. The highest BCUT2D eigenvalue weighted by Gasteiger charge is 2.70. The summed E-state index contributed by atoms with van der Waals surface area (Å²) >= 11 is 0. The molecule has 1 fully saturated rings. The lowest BCUT2D eigenvalue weighted by Gasteiger charge is -2.56. The summed E-state index contributed by atoms with van der Waals surface area (Å²) in [6, 6.07) is 15.4. The molecule has 0 unspecified atom stereocenters. The minimum Gasteiger partial charge on any atom is -0.302 e. The molecule has 2 aromatic rings. The standard InChI is InChI=1S/C20H15NO3/c1-19-11-6-2-4-8-13(11)20(10-22,14-9-5-3-7-12(14)19)16-15(19)17(23)21-18(16)24/h2-10,15-16H,1H3,(H,21,23,24)/t15-,16+,19?,20?/m1/s1. The van der Waals surface area contributed by atoms with Crippen LogP contribution in [0.5, 0.6) is 0 Å². The minimum atomic E-state index is -1.09. The van der Waals surface area contributed by atoms with Gasteiger partial charge in [0.2, 0.25) is 11.8 Å². The molecule has 0 aromatic heterocycles. The van der Waals surface area contributed by atoms with E-state index in [0.29, 0.717) is 0 Å². The first-order valence-electron chi connectivity index (χ1n) is 8.08. The van der Waals surface area contributed by atoms with Crippen LogP contribution in [0.25, 0.3) is 0 Å². The maximum absolute atomic E-state index is 12.6. The van der Waals surface area contributed by atoms with Gasteiger partial charge in [-0.15, -0.1) is 0 Å². The molecule has 0 spiro atoms. The molecule has 6 rings (SSSR count). The van der Waals surface area contributed by atoms with E-state index in [2.05, 4.69) is 5.32 Å². The first-order chi connectivity index (χ1) is 11.6. The minimum absolute atomic E-state index is 0.275. The van der Waals surface area contributed by atoms with Crippen LogP contribution in [-0.2, 0) is 25.2 Å². The maximum atomic E-state index is 12.6. The van der Waals surface area contributed by atoms with E-state index in [-0.39, 0.29) is 11.8 Å². The van der Waals surface area contributed by atoms with E-state index in [1.807, 2.05) is 55.5 Å². The molecule has 4 aliphatic rings. The molecule has 1 N–H and O–H groups in total. The predicted molar refractivity (Wildman–Crippen MR) is 86.3 cm³/mol. The lowest BCUT2D eigenvalue weighted by molar-refractivity contribution is -0.130. The number of hydrogen-bond donors (Lipinski definition) is 1. The van der Waals surface area contributed by atoms with Crippen LogP contribution in [0.2, 0.25) is 0 Å². The zero-order chi connectivity index (χ0) is 16.7. The Bertz CT molecular complexity index is 898. The van der Waals surface area contributed by atoms with E-state index in [4.69, 9.17) is 0 Å². The van der Waals surface area contributed by atoms with Crippen molar-refractivity contribution in [3.05, 3.63) is 70.8 Å². The highest BCUT2D eigenvalue weighted by Crippen LogP contribution is 2.64. The van der Waals surface area contributed by atoms with Gasteiger partial charge in [-0.3, -0.25) is 14.9 Å². The van der Waals surface area contributed by atoms with Crippen LogP contribution in [0.15, 0.2) is 48.5 Å². The molecule has 118 valence electrons. The Morgan fingerprint density at radius 2 is 1.29 bits per heavy atom. The Hall–Kier alpha value is -2.75. The number of carbonyl (C=O) groups is 3. The van der Waals surface area contributed by atoms with Crippen molar-refractivity contribution in [3.63, 3.8) is 0 Å².